The van der Waals surface area contributed by atoms with Crippen LogP contribution in [0.1, 0.15) is 24.1 Å². The van der Waals surface area contributed by atoms with E-state index in [1.54, 1.807) is 6.08 Å². The van der Waals surface area contributed by atoms with Crippen molar-refractivity contribution in [2.24, 2.45) is 0 Å². The van der Waals surface area contributed by atoms with Gasteiger partial charge in [-0.25, -0.2) is 18.2 Å². The molecule has 0 spiro atoms. The molecule has 0 saturated heterocycles. The summed E-state index contributed by atoms with van der Waals surface area (Å²) in [6.07, 6.45) is 1.92. The Labute approximate surface area is 165 Å². The van der Waals surface area contributed by atoms with E-state index >= 15 is 0 Å². The fourth-order valence-electron chi connectivity index (χ4n) is 3.14. The van der Waals surface area contributed by atoms with Gasteiger partial charge in [-0.2, -0.15) is 0 Å². The number of nitrogens with zero attached hydrogens (tertiary/aromatic N) is 1. The Bertz CT molecular complexity index is 1070. The first-order valence-electron chi connectivity index (χ1n) is 8.97. The first-order valence-corrected chi connectivity index (χ1v) is 8.97. The van der Waals surface area contributed by atoms with Gasteiger partial charge in [0.1, 0.15) is 28.4 Å². The molecular weight excluding hydrogens is 383 g/mol. The Hall–Kier alpha value is -2.90. The van der Waals surface area contributed by atoms with Gasteiger partial charge in [-0.05, 0) is 50.1 Å². The smallest absolute Gasteiger partial charge is 0.184 e. The molecule has 7 heteroatoms. The van der Waals surface area contributed by atoms with Gasteiger partial charge in [0.2, 0.25) is 0 Å². The highest BCUT2D eigenvalue weighted by molar-refractivity contribution is 5.81. The van der Waals surface area contributed by atoms with Crippen LogP contribution < -0.4 is 4.74 Å². The number of aliphatic hydroxyl groups is 2. The van der Waals surface area contributed by atoms with Gasteiger partial charge in [-0.1, -0.05) is 12.1 Å². The Morgan fingerprint density at radius 2 is 1.90 bits per heavy atom. The largest absolute Gasteiger partial charge is 0.455 e. The minimum Gasteiger partial charge on any atom is -0.455 e. The number of aromatic nitrogens is 1. The summed E-state index contributed by atoms with van der Waals surface area (Å²) < 4.78 is 47.9. The predicted molar refractivity (Wildman–Crippen MR) is 103 cm³/mol. The number of pyridine rings is 1. The zero-order valence-corrected chi connectivity index (χ0v) is 15.8. The van der Waals surface area contributed by atoms with Crippen molar-refractivity contribution < 1.29 is 28.1 Å². The van der Waals surface area contributed by atoms with Gasteiger partial charge in [0.25, 0.3) is 0 Å². The zero-order valence-electron chi connectivity index (χ0n) is 15.8. The molecule has 0 aliphatic rings. The molecule has 0 aliphatic carbocycles. The Balaban J connectivity index is 2.09. The summed E-state index contributed by atoms with van der Waals surface area (Å²) in [5.74, 6) is -2.66. The summed E-state index contributed by atoms with van der Waals surface area (Å²) in [7, 11) is 0. The summed E-state index contributed by atoms with van der Waals surface area (Å²) in [5.41, 5.74) is -1.99. The first kappa shape index (κ1) is 20.8. The monoisotopic (exact) mass is 403 g/mol. The van der Waals surface area contributed by atoms with Gasteiger partial charge in [0.05, 0.1) is 17.9 Å². The third-order valence-electron chi connectivity index (χ3n) is 4.71. The maximum Gasteiger partial charge on any atom is 0.184 e. The molecule has 3 aromatic rings. The second kappa shape index (κ2) is 8.23. The lowest BCUT2D eigenvalue weighted by Crippen LogP contribution is -2.31. The molecule has 3 rings (SSSR count). The molecule has 1 atom stereocenters. The minimum absolute atomic E-state index is 0.0163. The molecule has 152 valence electrons. The molecule has 1 aromatic heterocycles. The number of ether oxygens (including phenoxy) is 1. The van der Waals surface area contributed by atoms with Crippen molar-refractivity contribution >= 4 is 10.9 Å². The highest BCUT2D eigenvalue weighted by Crippen LogP contribution is 2.39. The van der Waals surface area contributed by atoms with E-state index in [9.17, 15) is 23.4 Å². The van der Waals surface area contributed by atoms with Crippen LogP contribution in [0.5, 0.6) is 11.5 Å². The van der Waals surface area contributed by atoms with Gasteiger partial charge in [-0.15, -0.1) is 6.58 Å². The molecule has 0 radical (unpaired) electrons. The maximum atomic E-state index is 14.6. The van der Waals surface area contributed by atoms with E-state index in [1.165, 1.54) is 31.2 Å². The number of aryl methyl sites for hydroxylation is 1. The molecule has 0 fully saturated rings. The van der Waals surface area contributed by atoms with Crippen LogP contribution in [0.25, 0.3) is 10.9 Å². The normalized spacial score (nSPS) is 13.3. The van der Waals surface area contributed by atoms with Crippen LogP contribution in [0, 0.1) is 24.4 Å². The lowest BCUT2D eigenvalue weighted by Gasteiger charge is -2.28. The molecule has 0 amide bonds. The number of rotatable bonds is 7. The summed E-state index contributed by atoms with van der Waals surface area (Å²) in [6.45, 7) is 4.39. The van der Waals surface area contributed by atoms with Crippen LogP contribution in [-0.4, -0.2) is 21.8 Å². The number of allylic oxidation sites excluding steroid dienone is 1. The highest BCUT2D eigenvalue weighted by atomic mass is 19.2. The highest BCUT2D eigenvalue weighted by Gasteiger charge is 2.34. The molecule has 1 heterocycles. The standard InChI is InChI=1S/C22H20F3NO3/c1-3-4-10-22(28,12-27)19-15(23)6-5-7-17(19)29-18-11-14-8-9-16(24)20(25)21(14)26-13(18)2/h3,5-9,11,27-28H,1,4,10,12H2,2H3. The molecule has 2 aromatic carbocycles. The topological polar surface area (TPSA) is 62.6 Å². The van der Waals surface area contributed by atoms with Crippen LogP contribution in [0.4, 0.5) is 13.2 Å². The van der Waals surface area contributed by atoms with Crippen molar-refractivity contribution in [2.45, 2.75) is 25.4 Å². The number of fused-ring (bicyclic) bond motifs is 1. The lowest BCUT2D eigenvalue weighted by atomic mass is 9.88. The molecule has 4 nitrogen and oxygen atoms in total. The van der Waals surface area contributed by atoms with E-state index in [4.69, 9.17) is 4.74 Å². The predicted octanol–water partition coefficient (Wildman–Crippen LogP) is 4.90. The van der Waals surface area contributed by atoms with Crippen LogP contribution in [-0.2, 0) is 5.60 Å². The van der Waals surface area contributed by atoms with Crippen LogP contribution in [0.2, 0.25) is 0 Å². The summed E-state index contributed by atoms with van der Waals surface area (Å²) in [6, 6.07) is 7.79. The fraction of sp³-hybridized carbons (Fsp3) is 0.227. The first-order chi connectivity index (χ1) is 13.8. The molecule has 29 heavy (non-hydrogen) atoms. The number of hydrogen-bond acceptors (Lipinski definition) is 4. The van der Waals surface area contributed by atoms with E-state index in [1.807, 2.05) is 0 Å². The van der Waals surface area contributed by atoms with E-state index in [-0.39, 0.29) is 34.7 Å². The fourth-order valence-corrected chi connectivity index (χ4v) is 3.14. The van der Waals surface area contributed by atoms with Crippen molar-refractivity contribution in [1.82, 2.24) is 4.98 Å². The SMILES string of the molecule is C=CCCC(O)(CO)c1c(F)cccc1Oc1cc2ccc(F)c(F)c2nc1C. The molecule has 0 aliphatic heterocycles. The van der Waals surface area contributed by atoms with Gasteiger partial charge >= 0.3 is 0 Å². The number of aliphatic hydroxyl groups excluding tert-OH is 1. The molecule has 2 N–H and O–H groups in total. The van der Waals surface area contributed by atoms with Crippen molar-refractivity contribution in [3.8, 4) is 11.5 Å². The lowest BCUT2D eigenvalue weighted by molar-refractivity contribution is -0.0294. The van der Waals surface area contributed by atoms with Crippen LogP contribution >= 0.6 is 0 Å². The van der Waals surface area contributed by atoms with Gasteiger partial charge in [0, 0.05) is 5.39 Å². The summed E-state index contributed by atoms with van der Waals surface area (Å²) in [4.78, 5) is 4.06. The van der Waals surface area contributed by atoms with E-state index < -0.39 is 29.7 Å². The Morgan fingerprint density at radius 1 is 1.14 bits per heavy atom. The quantitative estimate of drug-likeness (QED) is 0.551. The maximum absolute atomic E-state index is 14.6. The van der Waals surface area contributed by atoms with E-state index in [2.05, 4.69) is 11.6 Å². The third kappa shape index (κ3) is 3.97. The van der Waals surface area contributed by atoms with Crippen molar-refractivity contribution in [1.29, 1.82) is 0 Å². The minimum atomic E-state index is -1.89. The van der Waals surface area contributed by atoms with Crippen LogP contribution in [0.3, 0.4) is 0 Å². The molecule has 0 saturated carbocycles. The van der Waals surface area contributed by atoms with Crippen molar-refractivity contribution in [3.05, 3.63) is 77.8 Å². The summed E-state index contributed by atoms with van der Waals surface area (Å²) >= 11 is 0. The van der Waals surface area contributed by atoms with Gasteiger partial charge < -0.3 is 14.9 Å². The van der Waals surface area contributed by atoms with Gasteiger partial charge in [0.15, 0.2) is 11.6 Å². The van der Waals surface area contributed by atoms with Crippen molar-refractivity contribution in [2.75, 3.05) is 6.61 Å². The van der Waals surface area contributed by atoms with E-state index in [0.29, 0.717) is 11.8 Å². The van der Waals surface area contributed by atoms with Crippen LogP contribution in [0.15, 0.2) is 49.1 Å². The number of halogens is 3. The van der Waals surface area contributed by atoms with Crippen molar-refractivity contribution in [3.63, 3.8) is 0 Å². The Kier molecular flexibility index (Phi) is 5.91. The zero-order chi connectivity index (χ0) is 21.2. The molecule has 1 unspecified atom stereocenters. The summed E-state index contributed by atoms with van der Waals surface area (Å²) in [5, 5.41) is 20.9. The second-order valence-corrected chi connectivity index (χ2v) is 6.74. The van der Waals surface area contributed by atoms with Gasteiger partial charge in [-0.3, -0.25) is 0 Å². The number of benzene rings is 2. The number of hydrogen-bond donors (Lipinski definition) is 2. The average molecular weight is 403 g/mol. The molecular formula is C22H20F3NO3. The Morgan fingerprint density at radius 3 is 2.59 bits per heavy atom. The average Bonchev–Trinajstić information content (AvgIpc) is 2.70. The second-order valence-electron chi connectivity index (χ2n) is 6.74. The van der Waals surface area contributed by atoms with E-state index in [0.717, 1.165) is 12.1 Å². The molecule has 0 bridgehead atoms. The third-order valence-corrected chi connectivity index (χ3v) is 4.71.